The highest BCUT2D eigenvalue weighted by atomic mass is 16.5. The number of aryl methyl sites for hydroxylation is 1. The molecule has 154 valence electrons. The Morgan fingerprint density at radius 3 is 2.72 bits per heavy atom. The van der Waals surface area contributed by atoms with Gasteiger partial charge in [-0.15, -0.1) is 0 Å². The van der Waals surface area contributed by atoms with Crippen LogP contribution in [-0.4, -0.2) is 17.4 Å². The summed E-state index contributed by atoms with van der Waals surface area (Å²) in [6.45, 7) is 3.86. The van der Waals surface area contributed by atoms with Crippen LogP contribution in [0.2, 0.25) is 0 Å². The van der Waals surface area contributed by atoms with Crippen LogP contribution in [0.3, 0.4) is 0 Å². The average Bonchev–Trinajstić information content (AvgIpc) is 2.74. The predicted molar refractivity (Wildman–Crippen MR) is 120 cm³/mol. The van der Waals surface area contributed by atoms with E-state index < -0.39 is 0 Å². The summed E-state index contributed by atoms with van der Waals surface area (Å²) in [4.78, 5) is 6.66. The summed E-state index contributed by atoms with van der Waals surface area (Å²) in [5, 5.41) is 0. The number of fused-ring (bicyclic) bond motifs is 1. The number of ether oxygens (including phenoxy) is 1. The number of hydrogen-bond donors (Lipinski definition) is 1. The fraction of sp³-hybridized carbons (Fsp3) is 0.480. The van der Waals surface area contributed by atoms with Gasteiger partial charge in [-0.3, -0.25) is 0 Å². The fourth-order valence-corrected chi connectivity index (χ4v) is 4.55. The predicted octanol–water partition coefficient (Wildman–Crippen LogP) is 6.16. The van der Waals surface area contributed by atoms with E-state index in [9.17, 15) is 0 Å². The second kappa shape index (κ2) is 9.34. The number of benzene rings is 2. The molecule has 4 nitrogen and oxygen atoms in total. The largest absolute Gasteiger partial charge is 0.457 e. The zero-order valence-corrected chi connectivity index (χ0v) is 17.6. The van der Waals surface area contributed by atoms with Crippen LogP contribution >= 0.6 is 0 Å². The van der Waals surface area contributed by atoms with E-state index in [-0.39, 0.29) is 0 Å². The third kappa shape index (κ3) is 5.11. The average molecular weight is 392 g/mol. The van der Waals surface area contributed by atoms with Crippen LogP contribution in [0.4, 0.5) is 5.69 Å². The summed E-state index contributed by atoms with van der Waals surface area (Å²) in [5.74, 6) is 3.29. The molecule has 0 spiro atoms. The molecule has 0 amide bonds. The highest BCUT2D eigenvalue weighted by Gasteiger charge is 2.18. The summed E-state index contributed by atoms with van der Waals surface area (Å²) in [5.41, 5.74) is 9.57. The van der Waals surface area contributed by atoms with Gasteiger partial charge in [0.25, 0.3) is 0 Å². The van der Waals surface area contributed by atoms with Crippen molar-refractivity contribution in [2.45, 2.75) is 64.8 Å². The minimum Gasteiger partial charge on any atom is -0.457 e. The van der Waals surface area contributed by atoms with Gasteiger partial charge in [0.2, 0.25) is 0 Å². The van der Waals surface area contributed by atoms with Crippen molar-refractivity contribution >= 4 is 11.6 Å². The lowest BCUT2D eigenvalue weighted by molar-refractivity contribution is 0.339. The molecule has 1 aliphatic carbocycles. The van der Waals surface area contributed by atoms with Crippen LogP contribution in [0.15, 0.2) is 47.5 Å². The summed E-state index contributed by atoms with van der Waals surface area (Å²) >= 11 is 0. The Morgan fingerprint density at radius 2 is 1.90 bits per heavy atom. The maximum atomic E-state index is 6.20. The van der Waals surface area contributed by atoms with Crippen molar-refractivity contribution in [3.63, 3.8) is 0 Å². The summed E-state index contributed by atoms with van der Waals surface area (Å²) < 4.78 is 6.20. The molecule has 1 fully saturated rings. The third-order valence-electron chi connectivity index (χ3n) is 6.16. The Bertz CT molecular complexity index is 855. The number of aliphatic imine (C=N–C) groups is 1. The number of guanidine groups is 1. The second-order valence-corrected chi connectivity index (χ2v) is 8.47. The first kappa shape index (κ1) is 19.8. The molecule has 2 N–H and O–H groups in total. The Balaban J connectivity index is 1.41. The van der Waals surface area contributed by atoms with E-state index in [4.69, 9.17) is 10.5 Å². The van der Waals surface area contributed by atoms with Gasteiger partial charge in [0.15, 0.2) is 5.96 Å². The molecule has 4 heteroatoms. The van der Waals surface area contributed by atoms with E-state index in [1.807, 2.05) is 18.2 Å². The number of nitrogens with two attached hydrogens (primary N) is 1. The van der Waals surface area contributed by atoms with Gasteiger partial charge < -0.3 is 15.4 Å². The van der Waals surface area contributed by atoms with E-state index in [1.54, 1.807) is 0 Å². The van der Waals surface area contributed by atoms with E-state index in [0.29, 0.717) is 5.96 Å². The number of nitrogens with zero attached hydrogens (tertiary/aromatic N) is 2. The van der Waals surface area contributed by atoms with E-state index in [2.05, 4.69) is 41.1 Å². The lowest BCUT2D eigenvalue weighted by atomic mass is 9.85. The molecule has 0 radical (unpaired) electrons. The highest BCUT2D eigenvalue weighted by molar-refractivity contribution is 5.83. The van der Waals surface area contributed by atoms with Crippen LogP contribution in [0.1, 0.15) is 63.0 Å². The summed E-state index contributed by atoms with van der Waals surface area (Å²) in [6, 6.07) is 14.7. The van der Waals surface area contributed by atoms with Crippen LogP contribution in [0.25, 0.3) is 0 Å². The van der Waals surface area contributed by atoms with Crippen LogP contribution in [0, 0.1) is 5.92 Å². The molecule has 2 aromatic rings. The topological polar surface area (TPSA) is 50.8 Å². The molecule has 2 aromatic carbocycles. The van der Waals surface area contributed by atoms with Gasteiger partial charge in [-0.1, -0.05) is 51.2 Å². The standard InChI is InChI=1S/C25H33N3O/c1-2-15-28-18-21-17-23(13-14-24(21)27-25(28)26)29-22-10-6-9-20(16-22)12-11-19-7-4-3-5-8-19/h6,9-10,13-14,16-17,19H,2-5,7-8,11-12,15,18H2,1H3,(H2,26,27). The van der Waals surface area contributed by atoms with Gasteiger partial charge >= 0.3 is 0 Å². The number of hydrogen-bond acceptors (Lipinski definition) is 4. The van der Waals surface area contributed by atoms with E-state index in [1.165, 1.54) is 49.7 Å². The summed E-state index contributed by atoms with van der Waals surface area (Å²) in [6.07, 6.45) is 10.6. The molecular weight excluding hydrogens is 358 g/mol. The Morgan fingerprint density at radius 1 is 1.07 bits per heavy atom. The molecule has 4 rings (SSSR count). The van der Waals surface area contributed by atoms with Gasteiger partial charge in [0.1, 0.15) is 11.5 Å². The van der Waals surface area contributed by atoms with Crippen molar-refractivity contribution in [3.8, 4) is 11.5 Å². The molecule has 0 bridgehead atoms. The Hall–Kier alpha value is -2.49. The molecule has 0 aromatic heterocycles. The van der Waals surface area contributed by atoms with Gasteiger partial charge in [-0.05, 0) is 61.1 Å². The second-order valence-electron chi connectivity index (χ2n) is 8.47. The van der Waals surface area contributed by atoms with Crippen molar-refractivity contribution < 1.29 is 4.74 Å². The minimum atomic E-state index is 0.610. The van der Waals surface area contributed by atoms with Gasteiger partial charge in [0, 0.05) is 18.7 Å². The molecule has 1 aliphatic heterocycles. The first-order chi connectivity index (χ1) is 14.2. The summed E-state index contributed by atoms with van der Waals surface area (Å²) in [7, 11) is 0. The van der Waals surface area contributed by atoms with Crippen molar-refractivity contribution in [3.05, 3.63) is 53.6 Å². The van der Waals surface area contributed by atoms with Crippen molar-refractivity contribution in [1.82, 2.24) is 4.90 Å². The quantitative estimate of drug-likeness (QED) is 0.614. The fourth-order valence-electron chi connectivity index (χ4n) is 4.55. The van der Waals surface area contributed by atoms with Crippen LogP contribution in [0.5, 0.6) is 11.5 Å². The number of rotatable bonds is 7. The maximum absolute atomic E-state index is 6.20. The van der Waals surface area contributed by atoms with Crippen molar-refractivity contribution in [2.24, 2.45) is 16.6 Å². The Kier molecular flexibility index (Phi) is 6.38. The zero-order chi connectivity index (χ0) is 20.1. The monoisotopic (exact) mass is 391 g/mol. The molecule has 0 atom stereocenters. The first-order valence-electron chi connectivity index (χ1n) is 11.2. The third-order valence-corrected chi connectivity index (χ3v) is 6.16. The van der Waals surface area contributed by atoms with Crippen molar-refractivity contribution in [2.75, 3.05) is 6.54 Å². The highest BCUT2D eigenvalue weighted by Crippen LogP contribution is 2.32. The van der Waals surface area contributed by atoms with E-state index >= 15 is 0 Å². The van der Waals surface area contributed by atoms with Gasteiger partial charge in [0.05, 0.1) is 5.69 Å². The normalized spacial score (nSPS) is 17.0. The molecule has 1 heterocycles. The van der Waals surface area contributed by atoms with Gasteiger partial charge in [-0.25, -0.2) is 4.99 Å². The lowest BCUT2D eigenvalue weighted by Gasteiger charge is -2.28. The molecule has 2 aliphatic rings. The zero-order valence-electron chi connectivity index (χ0n) is 17.6. The molecule has 1 saturated carbocycles. The molecule has 29 heavy (non-hydrogen) atoms. The molecule has 0 saturated heterocycles. The molecule has 0 unspecified atom stereocenters. The first-order valence-corrected chi connectivity index (χ1v) is 11.2. The van der Waals surface area contributed by atoms with E-state index in [0.717, 1.165) is 49.0 Å². The van der Waals surface area contributed by atoms with Crippen molar-refractivity contribution in [1.29, 1.82) is 0 Å². The lowest BCUT2D eigenvalue weighted by Crippen LogP contribution is -2.39. The van der Waals surface area contributed by atoms with Crippen LogP contribution in [-0.2, 0) is 13.0 Å². The smallest absolute Gasteiger partial charge is 0.196 e. The maximum Gasteiger partial charge on any atom is 0.196 e. The Labute approximate surface area is 174 Å². The SMILES string of the molecule is CCCN1Cc2cc(Oc3cccc(CCC4CCCCC4)c3)ccc2N=C1N. The van der Waals surface area contributed by atoms with Crippen LogP contribution < -0.4 is 10.5 Å². The minimum absolute atomic E-state index is 0.610. The molecular formula is C25H33N3O. The van der Waals surface area contributed by atoms with Gasteiger partial charge in [-0.2, -0.15) is 0 Å².